The van der Waals surface area contributed by atoms with E-state index >= 15 is 0 Å². The zero-order valence-corrected chi connectivity index (χ0v) is 16.1. The first-order valence-corrected chi connectivity index (χ1v) is 9.92. The molecule has 0 radical (unpaired) electrons. The number of aryl methyl sites for hydroxylation is 1. The normalized spacial score (nSPS) is 15.8. The third-order valence-corrected chi connectivity index (χ3v) is 6.45. The molecule has 1 aromatic heterocycles. The molecule has 0 saturated heterocycles. The maximum atomic E-state index is 12.8. The number of nitrogens with one attached hydrogen (secondary N) is 1. The topological polar surface area (TPSA) is 110 Å². The molecule has 144 valence electrons. The Kier molecular flexibility index (Phi) is 4.50. The Morgan fingerprint density at radius 1 is 1.07 bits per heavy atom. The van der Waals surface area contributed by atoms with E-state index in [1.165, 1.54) is 36.6 Å². The quantitative estimate of drug-likeness (QED) is 0.613. The van der Waals surface area contributed by atoms with Crippen LogP contribution in [0.4, 0.5) is 5.00 Å². The van der Waals surface area contributed by atoms with E-state index in [1.807, 2.05) is 0 Å². The first-order valence-electron chi connectivity index (χ1n) is 9.10. The summed E-state index contributed by atoms with van der Waals surface area (Å²) in [6.45, 7) is 0. The van der Waals surface area contributed by atoms with E-state index in [2.05, 4.69) is 5.32 Å². The summed E-state index contributed by atoms with van der Waals surface area (Å²) >= 11 is 1.39. The van der Waals surface area contributed by atoms with Crippen molar-refractivity contribution in [2.45, 2.75) is 32.1 Å². The van der Waals surface area contributed by atoms with Gasteiger partial charge in [-0.2, -0.15) is 0 Å². The summed E-state index contributed by atoms with van der Waals surface area (Å²) in [5, 5.41) is 3.23. The van der Waals surface area contributed by atoms with Crippen LogP contribution in [0.3, 0.4) is 0 Å². The van der Waals surface area contributed by atoms with Crippen LogP contribution in [-0.4, -0.2) is 35.6 Å². The molecule has 0 saturated carbocycles. The second kappa shape index (κ2) is 6.87. The average Bonchev–Trinajstić information content (AvgIpc) is 2.99. The van der Waals surface area contributed by atoms with Gasteiger partial charge in [0.05, 0.1) is 16.7 Å². The van der Waals surface area contributed by atoms with E-state index in [0.717, 1.165) is 47.4 Å². The van der Waals surface area contributed by atoms with Crippen molar-refractivity contribution in [3.8, 4) is 0 Å². The number of nitrogens with zero attached hydrogens (tertiary/aromatic N) is 1. The number of thiophene rings is 1. The van der Waals surface area contributed by atoms with Crippen LogP contribution in [0.25, 0.3) is 0 Å². The van der Waals surface area contributed by atoms with Crippen molar-refractivity contribution < 1.29 is 19.2 Å². The number of rotatable bonds is 3. The van der Waals surface area contributed by atoms with Crippen LogP contribution < -0.4 is 11.1 Å². The van der Waals surface area contributed by atoms with Gasteiger partial charge in [-0.05, 0) is 49.4 Å². The number of hydrogen-bond acceptors (Lipinski definition) is 5. The third-order valence-electron chi connectivity index (χ3n) is 5.25. The predicted octanol–water partition coefficient (Wildman–Crippen LogP) is 2.59. The van der Waals surface area contributed by atoms with Gasteiger partial charge >= 0.3 is 0 Å². The number of fused-ring (bicyclic) bond motifs is 2. The Bertz CT molecular complexity index is 1040. The average molecular weight is 397 g/mol. The second-order valence-electron chi connectivity index (χ2n) is 7.02. The lowest BCUT2D eigenvalue weighted by Gasteiger charge is -2.07. The fourth-order valence-corrected chi connectivity index (χ4v) is 5.06. The molecular weight excluding hydrogens is 378 g/mol. The third kappa shape index (κ3) is 2.90. The van der Waals surface area contributed by atoms with Gasteiger partial charge in [0.25, 0.3) is 23.6 Å². The van der Waals surface area contributed by atoms with Crippen molar-refractivity contribution >= 4 is 40.0 Å². The minimum absolute atomic E-state index is 0.206. The molecule has 1 aliphatic heterocycles. The summed E-state index contributed by atoms with van der Waals surface area (Å²) in [5.41, 5.74) is 7.67. The molecule has 28 heavy (non-hydrogen) atoms. The van der Waals surface area contributed by atoms with Crippen LogP contribution in [0.5, 0.6) is 0 Å². The number of imide groups is 1. The monoisotopic (exact) mass is 397 g/mol. The molecule has 1 aromatic carbocycles. The van der Waals surface area contributed by atoms with E-state index in [4.69, 9.17) is 5.73 Å². The van der Waals surface area contributed by atoms with E-state index in [0.29, 0.717) is 10.6 Å². The van der Waals surface area contributed by atoms with Crippen molar-refractivity contribution in [1.29, 1.82) is 0 Å². The molecule has 2 aromatic rings. The van der Waals surface area contributed by atoms with Crippen molar-refractivity contribution in [2.24, 2.45) is 5.73 Å². The van der Waals surface area contributed by atoms with Crippen molar-refractivity contribution in [2.75, 3.05) is 12.4 Å². The molecule has 0 fully saturated rings. The van der Waals surface area contributed by atoms with Gasteiger partial charge in [-0.15, -0.1) is 11.3 Å². The van der Waals surface area contributed by atoms with E-state index in [-0.39, 0.29) is 22.6 Å². The van der Waals surface area contributed by atoms with Gasteiger partial charge in [0.2, 0.25) is 0 Å². The highest BCUT2D eigenvalue weighted by Crippen LogP contribution is 2.37. The Balaban J connectivity index is 1.66. The van der Waals surface area contributed by atoms with Gasteiger partial charge < -0.3 is 11.1 Å². The summed E-state index contributed by atoms with van der Waals surface area (Å²) < 4.78 is 0. The zero-order chi connectivity index (χ0) is 20.0. The van der Waals surface area contributed by atoms with Crippen molar-refractivity contribution in [1.82, 2.24) is 4.90 Å². The highest BCUT2D eigenvalue weighted by molar-refractivity contribution is 7.17. The number of hydrogen-bond donors (Lipinski definition) is 2. The second-order valence-corrected chi connectivity index (χ2v) is 8.12. The summed E-state index contributed by atoms with van der Waals surface area (Å²) in [5.74, 6) is -1.82. The molecule has 7 nitrogen and oxygen atoms in total. The fraction of sp³-hybridized carbons (Fsp3) is 0.300. The summed E-state index contributed by atoms with van der Waals surface area (Å²) in [4.78, 5) is 51.1. The van der Waals surface area contributed by atoms with Crippen molar-refractivity contribution in [3.63, 3.8) is 0 Å². The molecule has 8 heteroatoms. The molecule has 4 amide bonds. The first kappa shape index (κ1) is 18.4. The molecule has 0 unspecified atom stereocenters. The van der Waals surface area contributed by atoms with Gasteiger partial charge in [0.15, 0.2) is 0 Å². The number of carbonyl (C=O) groups excluding carboxylic acids is 4. The molecule has 3 N–H and O–H groups in total. The lowest BCUT2D eigenvalue weighted by molar-refractivity contribution is 0.0692. The molecule has 4 rings (SSSR count). The molecule has 2 aliphatic rings. The molecular formula is C20H19N3O4S. The van der Waals surface area contributed by atoms with Crippen LogP contribution in [0.1, 0.15) is 71.1 Å². The standard InChI is InChI=1S/C20H19N3O4S/c1-23-19(26)11-8-7-10(9-13(11)20(23)27)17(25)22-18-15(16(21)24)12-5-3-2-4-6-14(12)28-18/h7-9H,2-6H2,1H3,(H2,21,24)(H,22,25). The molecule has 0 bridgehead atoms. The smallest absolute Gasteiger partial charge is 0.261 e. The number of benzene rings is 1. The van der Waals surface area contributed by atoms with E-state index in [9.17, 15) is 19.2 Å². The Hall–Kier alpha value is -3.00. The van der Waals surface area contributed by atoms with Crippen LogP contribution in [-0.2, 0) is 12.8 Å². The number of anilines is 1. The number of primary amides is 1. The van der Waals surface area contributed by atoms with Crippen LogP contribution in [0, 0.1) is 0 Å². The number of carbonyl (C=O) groups is 4. The number of nitrogens with two attached hydrogens (primary N) is 1. The summed E-state index contributed by atoms with van der Waals surface area (Å²) in [6, 6.07) is 4.39. The highest BCUT2D eigenvalue weighted by atomic mass is 32.1. The van der Waals surface area contributed by atoms with E-state index < -0.39 is 17.7 Å². The maximum absolute atomic E-state index is 12.8. The highest BCUT2D eigenvalue weighted by Gasteiger charge is 2.33. The summed E-state index contributed by atoms with van der Waals surface area (Å²) in [6.07, 6.45) is 4.80. The number of amides is 4. The Morgan fingerprint density at radius 2 is 1.79 bits per heavy atom. The van der Waals surface area contributed by atoms with Gasteiger partial charge in [0.1, 0.15) is 5.00 Å². The van der Waals surface area contributed by atoms with Crippen LogP contribution in [0.15, 0.2) is 18.2 Å². The maximum Gasteiger partial charge on any atom is 0.261 e. The molecule has 0 atom stereocenters. The first-order chi connectivity index (χ1) is 13.4. The van der Waals surface area contributed by atoms with E-state index in [1.54, 1.807) is 0 Å². The predicted molar refractivity (Wildman–Crippen MR) is 105 cm³/mol. The Labute approximate surface area is 165 Å². The van der Waals surface area contributed by atoms with Crippen LogP contribution >= 0.6 is 11.3 Å². The SMILES string of the molecule is CN1C(=O)c2ccc(C(=O)Nc3sc4c(c3C(N)=O)CCCCC4)cc2C1=O. The fourth-order valence-electron chi connectivity index (χ4n) is 3.77. The molecule has 0 spiro atoms. The van der Waals surface area contributed by atoms with Gasteiger partial charge in [-0.25, -0.2) is 0 Å². The molecule has 2 heterocycles. The van der Waals surface area contributed by atoms with Gasteiger partial charge in [-0.1, -0.05) is 6.42 Å². The van der Waals surface area contributed by atoms with Gasteiger partial charge in [-0.3, -0.25) is 24.1 Å². The Morgan fingerprint density at radius 3 is 2.54 bits per heavy atom. The lowest BCUT2D eigenvalue weighted by Crippen LogP contribution is -2.24. The minimum Gasteiger partial charge on any atom is -0.365 e. The van der Waals surface area contributed by atoms with Gasteiger partial charge in [0, 0.05) is 17.5 Å². The summed E-state index contributed by atoms with van der Waals surface area (Å²) in [7, 11) is 1.41. The van der Waals surface area contributed by atoms with Crippen LogP contribution in [0.2, 0.25) is 0 Å². The largest absolute Gasteiger partial charge is 0.365 e. The lowest BCUT2D eigenvalue weighted by atomic mass is 10.0. The molecule has 1 aliphatic carbocycles. The van der Waals surface area contributed by atoms with Crippen molar-refractivity contribution in [3.05, 3.63) is 50.9 Å². The minimum atomic E-state index is -0.550. The zero-order valence-electron chi connectivity index (χ0n) is 15.3.